The molecule has 0 bridgehead atoms. The van der Waals surface area contributed by atoms with E-state index in [0.29, 0.717) is 5.82 Å². The summed E-state index contributed by atoms with van der Waals surface area (Å²) >= 11 is 0. The average molecular weight is 259 g/mol. The lowest BCUT2D eigenvalue weighted by Gasteiger charge is -2.33. The number of aromatic nitrogens is 2. The van der Waals surface area contributed by atoms with Gasteiger partial charge in [-0.2, -0.15) is 4.31 Å². The van der Waals surface area contributed by atoms with Crippen LogP contribution in [-0.2, 0) is 16.6 Å². The predicted molar refractivity (Wildman–Crippen MR) is 62.0 cm³/mol. The first-order chi connectivity index (χ1) is 7.95. The van der Waals surface area contributed by atoms with Crippen molar-refractivity contribution in [2.45, 2.75) is 37.9 Å². The van der Waals surface area contributed by atoms with E-state index in [0.717, 1.165) is 13.0 Å². The van der Waals surface area contributed by atoms with Gasteiger partial charge in [-0.3, -0.25) is 0 Å². The van der Waals surface area contributed by atoms with Gasteiger partial charge in [-0.25, -0.2) is 13.4 Å². The molecule has 0 amide bonds. The normalized spacial score (nSPS) is 18.3. The lowest BCUT2D eigenvalue weighted by Crippen LogP contribution is -2.53. The van der Waals surface area contributed by atoms with E-state index in [4.69, 9.17) is 5.11 Å². The van der Waals surface area contributed by atoms with Crippen LogP contribution in [0, 0.1) is 6.92 Å². The Morgan fingerprint density at radius 2 is 2.18 bits per heavy atom. The summed E-state index contributed by atoms with van der Waals surface area (Å²) in [6, 6.07) is 0. The second-order valence-electron chi connectivity index (χ2n) is 4.30. The molecule has 96 valence electrons. The highest BCUT2D eigenvalue weighted by Crippen LogP contribution is 2.21. The van der Waals surface area contributed by atoms with Gasteiger partial charge >= 0.3 is 0 Å². The quantitative estimate of drug-likeness (QED) is 0.823. The first-order valence-corrected chi connectivity index (χ1v) is 7.11. The lowest BCUT2D eigenvalue weighted by atomic mass is 10.2. The summed E-state index contributed by atoms with van der Waals surface area (Å²) in [6.45, 7) is 4.92. The molecule has 2 rings (SSSR count). The van der Waals surface area contributed by atoms with Gasteiger partial charge in [0.2, 0.25) is 0 Å². The number of aliphatic hydroxyl groups excluding tert-OH is 1. The second-order valence-corrected chi connectivity index (χ2v) is 6.18. The third-order valence-corrected chi connectivity index (χ3v) is 4.55. The van der Waals surface area contributed by atoms with Crippen molar-refractivity contribution >= 4 is 10.0 Å². The molecule has 0 unspecified atom stereocenters. The van der Waals surface area contributed by atoms with Crippen LogP contribution in [0.5, 0.6) is 0 Å². The van der Waals surface area contributed by atoms with Crippen molar-refractivity contribution in [3.8, 4) is 0 Å². The van der Waals surface area contributed by atoms with Crippen LogP contribution in [0.1, 0.15) is 19.2 Å². The van der Waals surface area contributed by atoms with Crippen molar-refractivity contribution in [3.63, 3.8) is 0 Å². The Labute approximate surface area is 101 Å². The summed E-state index contributed by atoms with van der Waals surface area (Å²) in [5.41, 5.74) is 0. The van der Waals surface area contributed by atoms with Crippen molar-refractivity contribution in [2.24, 2.45) is 0 Å². The van der Waals surface area contributed by atoms with E-state index in [2.05, 4.69) is 4.98 Å². The molecule has 1 aromatic rings. The van der Waals surface area contributed by atoms with Crippen LogP contribution in [-0.4, -0.2) is 46.6 Å². The summed E-state index contributed by atoms with van der Waals surface area (Å²) in [7, 11) is -3.51. The van der Waals surface area contributed by atoms with Gasteiger partial charge in [-0.1, -0.05) is 6.92 Å². The molecule has 1 aromatic heterocycles. The molecule has 1 N–H and O–H groups in total. The molecule has 0 aromatic carbocycles. The Balaban J connectivity index is 2.24. The van der Waals surface area contributed by atoms with Crippen molar-refractivity contribution in [1.82, 2.24) is 13.9 Å². The highest BCUT2D eigenvalue weighted by molar-refractivity contribution is 7.89. The first-order valence-electron chi connectivity index (χ1n) is 5.67. The molecule has 17 heavy (non-hydrogen) atoms. The molecule has 0 spiro atoms. The number of β-amino-alcohol motifs (C(OH)–C–C–N with tert-alkyl or cyclic N) is 1. The fraction of sp³-hybridized carbons (Fsp3) is 0.700. The van der Waals surface area contributed by atoms with Crippen LogP contribution in [0.2, 0.25) is 0 Å². The summed E-state index contributed by atoms with van der Waals surface area (Å²) in [5, 5.41) is 9.22. The minimum Gasteiger partial charge on any atom is -0.390 e. The van der Waals surface area contributed by atoms with Gasteiger partial charge in [0.05, 0.1) is 6.10 Å². The number of rotatable bonds is 4. The molecule has 0 aliphatic carbocycles. The van der Waals surface area contributed by atoms with E-state index in [9.17, 15) is 8.42 Å². The van der Waals surface area contributed by atoms with E-state index in [-0.39, 0.29) is 18.1 Å². The molecule has 0 radical (unpaired) electrons. The van der Waals surface area contributed by atoms with Gasteiger partial charge in [-0.15, -0.1) is 0 Å². The lowest BCUT2D eigenvalue weighted by molar-refractivity contribution is 0.0546. The van der Waals surface area contributed by atoms with Crippen LogP contribution in [0.25, 0.3) is 0 Å². The maximum atomic E-state index is 12.1. The number of sulfonamides is 1. The third-order valence-electron chi connectivity index (χ3n) is 2.85. The number of hydrogen-bond donors (Lipinski definition) is 1. The smallest absolute Gasteiger partial charge is 0.262 e. The minimum atomic E-state index is -3.51. The van der Waals surface area contributed by atoms with E-state index in [1.54, 1.807) is 13.1 Å². The second kappa shape index (κ2) is 4.40. The molecule has 1 aliphatic heterocycles. The van der Waals surface area contributed by atoms with Crippen molar-refractivity contribution in [2.75, 3.05) is 13.1 Å². The summed E-state index contributed by atoms with van der Waals surface area (Å²) in [5.74, 6) is 0.700. The van der Waals surface area contributed by atoms with Gasteiger partial charge in [0.1, 0.15) is 5.82 Å². The highest BCUT2D eigenvalue weighted by Gasteiger charge is 2.37. The molecule has 1 saturated heterocycles. The van der Waals surface area contributed by atoms with Crippen LogP contribution >= 0.6 is 0 Å². The highest BCUT2D eigenvalue weighted by atomic mass is 32.2. The number of aryl methyl sites for hydroxylation is 2. The first kappa shape index (κ1) is 12.5. The standard InChI is InChI=1S/C10H17N3O3S/c1-3-4-12-7-10(11-8(12)2)17(15,16)13-5-9(14)6-13/h7,9,14H,3-6H2,1-2H3. The van der Waals surface area contributed by atoms with E-state index >= 15 is 0 Å². The van der Waals surface area contributed by atoms with E-state index in [1.165, 1.54) is 4.31 Å². The maximum absolute atomic E-state index is 12.1. The fourth-order valence-electron chi connectivity index (χ4n) is 1.82. The van der Waals surface area contributed by atoms with E-state index in [1.807, 2.05) is 11.5 Å². The SMILES string of the molecule is CCCn1cc(S(=O)(=O)N2CC(O)C2)nc1C. The maximum Gasteiger partial charge on any atom is 0.262 e. The molecule has 2 heterocycles. The fourth-order valence-corrected chi connectivity index (χ4v) is 3.33. The molecule has 1 aliphatic rings. The minimum absolute atomic E-state index is 0.0790. The summed E-state index contributed by atoms with van der Waals surface area (Å²) in [4.78, 5) is 4.08. The van der Waals surface area contributed by atoms with Crippen molar-refractivity contribution in [1.29, 1.82) is 0 Å². The van der Waals surface area contributed by atoms with E-state index < -0.39 is 16.1 Å². The van der Waals surface area contributed by atoms with Gasteiger partial charge in [0.25, 0.3) is 10.0 Å². The Bertz CT molecular complexity index is 503. The van der Waals surface area contributed by atoms with Crippen LogP contribution in [0.4, 0.5) is 0 Å². The molecule has 6 nitrogen and oxygen atoms in total. The zero-order valence-electron chi connectivity index (χ0n) is 10.00. The summed E-state index contributed by atoms with van der Waals surface area (Å²) < 4.78 is 27.2. The van der Waals surface area contributed by atoms with Crippen molar-refractivity contribution < 1.29 is 13.5 Å². The zero-order valence-corrected chi connectivity index (χ0v) is 10.8. The number of hydrogen-bond acceptors (Lipinski definition) is 4. The average Bonchev–Trinajstić information content (AvgIpc) is 2.57. The Kier molecular flexibility index (Phi) is 3.24. The molecular weight excluding hydrogens is 242 g/mol. The molecular formula is C10H17N3O3S. The van der Waals surface area contributed by atoms with Crippen LogP contribution < -0.4 is 0 Å². The third kappa shape index (κ3) is 2.22. The Morgan fingerprint density at radius 1 is 1.53 bits per heavy atom. The Morgan fingerprint density at radius 3 is 2.71 bits per heavy atom. The zero-order chi connectivity index (χ0) is 12.6. The van der Waals surface area contributed by atoms with Crippen LogP contribution in [0.3, 0.4) is 0 Å². The molecule has 7 heteroatoms. The van der Waals surface area contributed by atoms with Crippen LogP contribution in [0.15, 0.2) is 11.2 Å². The molecule has 0 saturated carbocycles. The predicted octanol–water partition coefficient (Wildman–Crippen LogP) is -0.0333. The number of nitrogens with zero attached hydrogens (tertiary/aromatic N) is 3. The van der Waals surface area contributed by atoms with Gasteiger partial charge in [0, 0.05) is 25.8 Å². The monoisotopic (exact) mass is 259 g/mol. The van der Waals surface area contributed by atoms with Gasteiger partial charge < -0.3 is 9.67 Å². The van der Waals surface area contributed by atoms with Crippen molar-refractivity contribution in [3.05, 3.63) is 12.0 Å². The molecule has 0 atom stereocenters. The van der Waals surface area contributed by atoms with Gasteiger partial charge in [0.15, 0.2) is 5.03 Å². The molecule has 1 fully saturated rings. The summed E-state index contributed by atoms with van der Waals surface area (Å²) in [6.07, 6.45) is 1.96. The largest absolute Gasteiger partial charge is 0.390 e. The number of aliphatic hydroxyl groups is 1. The Hall–Kier alpha value is -0.920. The number of imidazole rings is 1. The van der Waals surface area contributed by atoms with Gasteiger partial charge in [-0.05, 0) is 13.3 Å². The topological polar surface area (TPSA) is 75.4 Å².